The van der Waals surface area contributed by atoms with Crippen molar-refractivity contribution in [3.05, 3.63) is 41.6 Å². The topological polar surface area (TPSA) is 93.3 Å². The number of nitrogens with one attached hydrogen (secondary N) is 2. The van der Waals surface area contributed by atoms with E-state index in [2.05, 4.69) is 75.2 Å². The smallest absolute Gasteiger partial charge is 0.222 e. The molecule has 4 N–H and O–H groups in total. The van der Waals surface area contributed by atoms with Crippen LogP contribution in [0.25, 0.3) is 11.0 Å². The fourth-order valence-corrected chi connectivity index (χ4v) is 5.85. The quantitative estimate of drug-likeness (QED) is 0.292. The molecule has 2 aliphatic rings. The summed E-state index contributed by atoms with van der Waals surface area (Å²) in [6.45, 7) is 11.6. The van der Waals surface area contributed by atoms with Crippen molar-refractivity contribution in [1.29, 1.82) is 0 Å². The Bertz CT molecular complexity index is 1210. The molecule has 37 heavy (non-hydrogen) atoms. The molecule has 8 nitrogen and oxygen atoms in total. The highest BCUT2D eigenvalue weighted by Crippen LogP contribution is 2.46. The molecule has 0 unspecified atom stereocenters. The van der Waals surface area contributed by atoms with Crippen LogP contribution in [0.1, 0.15) is 64.0 Å². The molecule has 3 aromatic rings. The maximum Gasteiger partial charge on any atom is 0.222 e. The third-order valence-electron chi connectivity index (χ3n) is 7.90. The number of fused-ring (bicyclic) bond motifs is 1. The lowest BCUT2D eigenvalue weighted by Gasteiger charge is -2.45. The number of benzene rings is 1. The van der Waals surface area contributed by atoms with Crippen molar-refractivity contribution in [3.63, 3.8) is 0 Å². The van der Waals surface area contributed by atoms with Gasteiger partial charge in [-0.1, -0.05) is 45.7 Å². The van der Waals surface area contributed by atoms with Crippen LogP contribution in [0.5, 0.6) is 5.75 Å². The van der Waals surface area contributed by atoms with Crippen molar-refractivity contribution >= 4 is 22.8 Å². The number of ether oxygens (including phenoxy) is 1. The molecule has 0 atom stereocenters. The van der Waals surface area contributed by atoms with E-state index in [9.17, 15) is 0 Å². The number of anilines is 2. The van der Waals surface area contributed by atoms with Crippen LogP contribution in [0.2, 0.25) is 0 Å². The van der Waals surface area contributed by atoms with Gasteiger partial charge in [0.05, 0.1) is 19.2 Å². The molecule has 8 heteroatoms. The predicted octanol–water partition coefficient (Wildman–Crippen LogP) is 4.63. The summed E-state index contributed by atoms with van der Waals surface area (Å²) in [5.74, 6) is 2.79. The number of rotatable bonds is 13. The van der Waals surface area contributed by atoms with Gasteiger partial charge in [-0.15, -0.1) is 0 Å². The normalized spacial score (nSPS) is 17.3. The average Bonchev–Trinajstić information content (AvgIpc) is 3.49. The second kappa shape index (κ2) is 10.9. The standard InChI is InChI=1S/C29H43N7O/c1-5-6-7-13-31-27-26-24(32-28(30)33-27)10-14-36(26)17-22-9-8-21(15-25(22)37-4)16-35-18-23(19-35)29(11-12-29)34-20(2)3/h8-10,14-15,20,23,34H,5-7,11-13,16-19H2,1-4H3,(H3,30,31,32,33). The molecule has 0 bridgehead atoms. The number of unbranched alkanes of at least 4 members (excludes halogenated alkanes) is 2. The third-order valence-corrected chi connectivity index (χ3v) is 7.90. The second-order valence-corrected chi connectivity index (χ2v) is 11.2. The van der Waals surface area contributed by atoms with Crippen molar-refractivity contribution in [3.8, 4) is 5.75 Å². The number of methoxy groups -OCH3 is 1. The SMILES string of the molecule is CCCCCNc1nc(N)nc2ccn(Cc3ccc(CN4CC(C5(NC(C)C)CC5)C4)cc3OC)c12. The van der Waals surface area contributed by atoms with Crippen LogP contribution in [0.3, 0.4) is 0 Å². The maximum absolute atomic E-state index is 5.99. The van der Waals surface area contributed by atoms with E-state index < -0.39 is 0 Å². The predicted molar refractivity (Wildman–Crippen MR) is 151 cm³/mol. The summed E-state index contributed by atoms with van der Waals surface area (Å²) in [6, 6.07) is 9.21. The molecule has 2 fully saturated rings. The molecule has 0 amide bonds. The zero-order valence-electron chi connectivity index (χ0n) is 22.9. The number of hydrogen-bond donors (Lipinski definition) is 3. The molecule has 1 saturated carbocycles. The Morgan fingerprint density at radius 1 is 1.14 bits per heavy atom. The summed E-state index contributed by atoms with van der Waals surface area (Å²) in [5, 5.41) is 7.31. The molecular formula is C29H43N7O. The summed E-state index contributed by atoms with van der Waals surface area (Å²) in [6.07, 6.45) is 8.19. The minimum Gasteiger partial charge on any atom is -0.496 e. The Hall–Kier alpha value is -2.84. The molecule has 0 radical (unpaired) electrons. The van der Waals surface area contributed by atoms with Crippen molar-refractivity contribution in [2.45, 2.75) is 77.5 Å². The number of hydrogen-bond acceptors (Lipinski definition) is 7. The van der Waals surface area contributed by atoms with E-state index in [-0.39, 0.29) is 0 Å². The summed E-state index contributed by atoms with van der Waals surface area (Å²) in [7, 11) is 1.76. The van der Waals surface area contributed by atoms with Gasteiger partial charge >= 0.3 is 0 Å². The first kappa shape index (κ1) is 25.8. The second-order valence-electron chi connectivity index (χ2n) is 11.2. The van der Waals surface area contributed by atoms with E-state index in [1.54, 1.807) is 7.11 Å². The Balaban J connectivity index is 1.26. The van der Waals surface area contributed by atoms with E-state index in [1.165, 1.54) is 44.3 Å². The van der Waals surface area contributed by atoms with Gasteiger partial charge in [0.15, 0.2) is 5.82 Å². The average molecular weight is 506 g/mol. The number of aromatic nitrogens is 3. The summed E-state index contributed by atoms with van der Waals surface area (Å²) < 4.78 is 8.03. The molecule has 3 heterocycles. The fraction of sp³-hybridized carbons (Fsp3) is 0.586. The van der Waals surface area contributed by atoms with Gasteiger partial charge in [-0.3, -0.25) is 4.90 Å². The first-order valence-corrected chi connectivity index (χ1v) is 13.9. The molecular weight excluding hydrogens is 462 g/mol. The number of nitrogens with zero attached hydrogens (tertiary/aromatic N) is 4. The van der Waals surface area contributed by atoms with E-state index in [0.717, 1.165) is 53.6 Å². The molecule has 5 rings (SSSR count). The Morgan fingerprint density at radius 2 is 1.95 bits per heavy atom. The van der Waals surface area contributed by atoms with Gasteiger partial charge in [0.25, 0.3) is 0 Å². The highest BCUT2D eigenvalue weighted by molar-refractivity contribution is 5.87. The largest absolute Gasteiger partial charge is 0.496 e. The summed E-state index contributed by atoms with van der Waals surface area (Å²) in [4.78, 5) is 11.5. The molecule has 2 aromatic heterocycles. The van der Waals surface area contributed by atoms with Gasteiger partial charge in [-0.2, -0.15) is 4.98 Å². The Kier molecular flexibility index (Phi) is 7.58. The van der Waals surface area contributed by atoms with Crippen LogP contribution in [-0.4, -0.2) is 57.8 Å². The van der Waals surface area contributed by atoms with E-state index >= 15 is 0 Å². The minimum absolute atomic E-state index is 0.297. The number of nitrogen functional groups attached to an aromatic ring is 1. The van der Waals surface area contributed by atoms with Crippen LogP contribution in [0.15, 0.2) is 30.5 Å². The highest BCUT2D eigenvalue weighted by Gasteiger charge is 2.53. The first-order chi connectivity index (χ1) is 17.9. The highest BCUT2D eigenvalue weighted by atomic mass is 16.5. The van der Waals surface area contributed by atoms with Gasteiger partial charge in [-0.05, 0) is 37.0 Å². The van der Waals surface area contributed by atoms with Crippen molar-refractivity contribution < 1.29 is 4.74 Å². The zero-order valence-corrected chi connectivity index (χ0v) is 22.9. The van der Waals surface area contributed by atoms with Gasteiger partial charge in [0, 0.05) is 55.4 Å². The zero-order chi connectivity index (χ0) is 26.0. The third kappa shape index (κ3) is 5.70. The Labute approximate surface area is 221 Å². The first-order valence-electron chi connectivity index (χ1n) is 13.9. The molecule has 1 aromatic carbocycles. The molecule has 1 saturated heterocycles. The lowest BCUT2D eigenvalue weighted by molar-refractivity contribution is 0.0533. The van der Waals surface area contributed by atoms with Crippen LogP contribution in [0, 0.1) is 5.92 Å². The van der Waals surface area contributed by atoms with E-state index in [4.69, 9.17) is 10.5 Å². The van der Waals surface area contributed by atoms with Gasteiger partial charge in [0.2, 0.25) is 5.95 Å². The van der Waals surface area contributed by atoms with Crippen LogP contribution in [0.4, 0.5) is 11.8 Å². The number of likely N-dealkylation sites (tertiary alicyclic amines) is 1. The monoisotopic (exact) mass is 505 g/mol. The van der Waals surface area contributed by atoms with E-state index in [1.807, 2.05) is 6.07 Å². The summed E-state index contributed by atoms with van der Waals surface area (Å²) >= 11 is 0. The fourth-order valence-electron chi connectivity index (χ4n) is 5.85. The summed E-state index contributed by atoms with van der Waals surface area (Å²) in [5.41, 5.74) is 10.7. The van der Waals surface area contributed by atoms with Gasteiger partial charge in [-0.25, -0.2) is 4.98 Å². The molecule has 0 spiro atoms. The van der Waals surface area contributed by atoms with Crippen LogP contribution >= 0.6 is 0 Å². The van der Waals surface area contributed by atoms with Gasteiger partial charge in [0.1, 0.15) is 11.3 Å². The molecule has 1 aliphatic heterocycles. The maximum atomic E-state index is 5.99. The molecule has 200 valence electrons. The van der Waals surface area contributed by atoms with Crippen molar-refractivity contribution in [1.82, 2.24) is 24.8 Å². The molecule has 1 aliphatic carbocycles. The van der Waals surface area contributed by atoms with Crippen LogP contribution < -0.4 is 21.1 Å². The minimum atomic E-state index is 0.297. The van der Waals surface area contributed by atoms with E-state index in [0.29, 0.717) is 24.1 Å². The Morgan fingerprint density at radius 3 is 2.65 bits per heavy atom. The van der Waals surface area contributed by atoms with Crippen LogP contribution in [-0.2, 0) is 13.1 Å². The van der Waals surface area contributed by atoms with Crippen molar-refractivity contribution in [2.75, 3.05) is 37.8 Å². The lowest BCUT2D eigenvalue weighted by Crippen LogP contribution is -2.57. The van der Waals surface area contributed by atoms with Gasteiger partial charge < -0.3 is 25.7 Å². The number of nitrogens with two attached hydrogens (primary N) is 1. The van der Waals surface area contributed by atoms with Crippen molar-refractivity contribution in [2.24, 2.45) is 5.92 Å². The lowest BCUT2D eigenvalue weighted by atomic mass is 9.88.